The third-order valence-electron chi connectivity index (χ3n) is 11.9. The van der Waals surface area contributed by atoms with Crippen LogP contribution in [0, 0.1) is 38.5 Å². The van der Waals surface area contributed by atoms with E-state index in [1.54, 1.807) is 0 Å². The minimum absolute atomic E-state index is 0.168. The summed E-state index contributed by atoms with van der Waals surface area (Å²) in [6.07, 6.45) is 1.89. The Morgan fingerprint density at radius 1 is 0.661 bits per heavy atom. The SMILES string of the molecule is Cc1cc(Oc2cc(C3=N[C@H](C(C(C)C)C(C)C)CN3c3c(C)cccc3C)cc(-c3ccccc3)c2)cc(N2c3ccccc3C(C)(C)c3cccnc32)c1. The lowest BCUT2D eigenvalue weighted by molar-refractivity contribution is 0.247. The first-order chi connectivity index (χ1) is 26.9. The minimum Gasteiger partial charge on any atom is -0.457 e. The summed E-state index contributed by atoms with van der Waals surface area (Å²) in [5.74, 6) is 4.95. The predicted octanol–water partition coefficient (Wildman–Crippen LogP) is 13.1. The number of pyridine rings is 1. The molecule has 56 heavy (non-hydrogen) atoms. The highest BCUT2D eigenvalue weighted by Gasteiger charge is 2.39. The van der Waals surface area contributed by atoms with Crippen LogP contribution in [-0.4, -0.2) is 23.4 Å². The fourth-order valence-corrected chi connectivity index (χ4v) is 9.48. The molecule has 5 aromatic carbocycles. The largest absolute Gasteiger partial charge is 0.457 e. The number of benzene rings is 5. The number of rotatable bonds is 9. The second kappa shape index (κ2) is 14.8. The van der Waals surface area contributed by atoms with Crippen molar-refractivity contribution in [3.63, 3.8) is 0 Å². The molecule has 8 rings (SSSR count). The highest BCUT2D eigenvalue weighted by atomic mass is 16.5. The topological polar surface area (TPSA) is 41.0 Å². The molecule has 1 atom stereocenters. The molecule has 0 bridgehead atoms. The Morgan fingerprint density at radius 3 is 2.05 bits per heavy atom. The monoisotopic (exact) mass is 738 g/mol. The van der Waals surface area contributed by atoms with Gasteiger partial charge in [-0.3, -0.25) is 9.89 Å². The maximum absolute atomic E-state index is 6.99. The van der Waals surface area contributed by atoms with Crippen molar-refractivity contribution in [2.24, 2.45) is 22.7 Å². The van der Waals surface area contributed by atoms with Crippen molar-refractivity contribution in [2.45, 2.75) is 73.8 Å². The predicted molar refractivity (Wildman–Crippen MR) is 234 cm³/mol. The van der Waals surface area contributed by atoms with Crippen molar-refractivity contribution in [2.75, 3.05) is 16.3 Å². The molecular formula is C51H54N4O. The Balaban J connectivity index is 1.26. The van der Waals surface area contributed by atoms with E-state index in [0.29, 0.717) is 17.8 Å². The van der Waals surface area contributed by atoms with Gasteiger partial charge in [-0.1, -0.05) is 114 Å². The summed E-state index contributed by atoms with van der Waals surface area (Å²) in [5, 5.41) is 0. The quantitative estimate of drug-likeness (QED) is 0.148. The molecule has 0 aliphatic carbocycles. The average Bonchev–Trinajstić information content (AvgIpc) is 3.58. The van der Waals surface area contributed by atoms with Crippen LogP contribution < -0.4 is 14.5 Å². The van der Waals surface area contributed by atoms with Gasteiger partial charge in [0, 0.05) is 41.0 Å². The summed E-state index contributed by atoms with van der Waals surface area (Å²) in [6, 6.07) is 43.4. The number of fused-ring (bicyclic) bond motifs is 2. The van der Waals surface area contributed by atoms with Gasteiger partial charge in [0.05, 0.1) is 17.4 Å². The van der Waals surface area contributed by atoms with Gasteiger partial charge in [-0.2, -0.15) is 0 Å². The first kappa shape index (κ1) is 37.3. The Bertz CT molecular complexity index is 2350. The van der Waals surface area contributed by atoms with Gasteiger partial charge in [-0.05, 0) is 114 Å². The van der Waals surface area contributed by atoms with Gasteiger partial charge in [0.15, 0.2) is 0 Å². The molecule has 284 valence electrons. The number of hydrogen-bond acceptors (Lipinski definition) is 5. The van der Waals surface area contributed by atoms with E-state index < -0.39 is 0 Å². The molecule has 5 heteroatoms. The van der Waals surface area contributed by atoms with Crippen molar-refractivity contribution in [3.05, 3.63) is 161 Å². The lowest BCUT2D eigenvalue weighted by Crippen LogP contribution is -2.36. The maximum atomic E-state index is 6.99. The van der Waals surface area contributed by atoms with E-state index in [1.165, 1.54) is 27.9 Å². The van der Waals surface area contributed by atoms with Crippen molar-refractivity contribution in [3.8, 4) is 22.6 Å². The highest BCUT2D eigenvalue weighted by Crippen LogP contribution is 2.51. The summed E-state index contributed by atoms with van der Waals surface area (Å²) in [5.41, 5.74) is 12.6. The van der Waals surface area contributed by atoms with Crippen LogP contribution in [-0.2, 0) is 5.41 Å². The molecule has 0 saturated heterocycles. The Hall–Kier alpha value is -5.68. The smallest absolute Gasteiger partial charge is 0.141 e. The number of amidine groups is 1. The summed E-state index contributed by atoms with van der Waals surface area (Å²) in [6.45, 7) is 21.4. The number of aryl methyl sites for hydroxylation is 3. The van der Waals surface area contributed by atoms with Crippen molar-refractivity contribution in [1.29, 1.82) is 0 Å². The number of hydrogen-bond donors (Lipinski definition) is 0. The van der Waals surface area contributed by atoms with Crippen LogP contribution in [0.5, 0.6) is 11.5 Å². The standard InChI is InChI=1S/C51H54N4O/c1-32(2)47(33(3)4)45-31-54(48-35(6)17-15-18-36(48)7)49(53-45)39-27-38(37-19-11-10-12-20-37)28-42(29-39)56-41-26-34(5)25-40(30-41)55-46-23-14-13-21-43(46)51(8,9)44-22-16-24-52-50(44)55/h10-30,32-33,45,47H,31H2,1-9H3/t45-/m0/s1. The van der Waals surface area contributed by atoms with Gasteiger partial charge in [-0.15, -0.1) is 0 Å². The van der Waals surface area contributed by atoms with Gasteiger partial charge in [-0.25, -0.2) is 4.98 Å². The third-order valence-corrected chi connectivity index (χ3v) is 11.9. The van der Waals surface area contributed by atoms with E-state index in [1.807, 2.05) is 12.3 Å². The second-order valence-corrected chi connectivity index (χ2v) is 17.0. The van der Waals surface area contributed by atoms with Crippen LogP contribution in [0.4, 0.5) is 22.9 Å². The fourth-order valence-electron chi connectivity index (χ4n) is 9.48. The van der Waals surface area contributed by atoms with Crippen LogP contribution in [0.2, 0.25) is 0 Å². The Kier molecular flexibility index (Phi) is 9.82. The summed E-state index contributed by atoms with van der Waals surface area (Å²) >= 11 is 0. The minimum atomic E-state index is -0.189. The van der Waals surface area contributed by atoms with Crippen LogP contribution >= 0.6 is 0 Å². The molecule has 6 aromatic rings. The number of aliphatic imine (C=N–C) groups is 1. The molecule has 0 radical (unpaired) electrons. The number of ether oxygens (including phenoxy) is 1. The number of anilines is 4. The van der Waals surface area contributed by atoms with E-state index >= 15 is 0 Å². The normalized spacial score (nSPS) is 16.0. The van der Waals surface area contributed by atoms with Gasteiger partial charge < -0.3 is 9.64 Å². The van der Waals surface area contributed by atoms with E-state index in [2.05, 4.69) is 187 Å². The van der Waals surface area contributed by atoms with Gasteiger partial charge in [0.2, 0.25) is 0 Å². The molecule has 0 N–H and O–H groups in total. The zero-order valence-electron chi connectivity index (χ0n) is 34.3. The molecule has 5 nitrogen and oxygen atoms in total. The molecule has 0 amide bonds. The van der Waals surface area contributed by atoms with Crippen molar-refractivity contribution < 1.29 is 4.74 Å². The van der Waals surface area contributed by atoms with Crippen LogP contribution in [0.1, 0.15) is 74.9 Å². The Morgan fingerprint density at radius 2 is 1.32 bits per heavy atom. The third kappa shape index (κ3) is 6.78. The Labute approximate surface area is 333 Å². The van der Waals surface area contributed by atoms with E-state index in [9.17, 15) is 0 Å². The fraction of sp³-hybridized carbons (Fsp3) is 0.294. The van der Waals surface area contributed by atoms with E-state index in [0.717, 1.165) is 63.3 Å². The zero-order chi connectivity index (χ0) is 39.3. The second-order valence-electron chi connectivity index (χ2n) is 17.0. The summed E-state index contributed by atoms with van der Waals surface area (Å²) in [4.78, 5) is 15.4. The van der Waals surface area contributed by atoms with Gasteiger partial charge in [0.1, 0.15) is 23.2 Å². The maximum Gasteiger partial charge on any atom is 0.141 e. The van der Waals surface area contributed by atoms with Crippen LogP contribution in [0.3, 0.4) is 0 Å². The lowest BCUT2D eigenvalue weighted by atomic mass is 9.74. The molecule has 0 unspecified atom stereocenters. The van der Waals surface area contributed by atoms with Crippen LogP contribution in [0.25, 0.3) is 11.1 Å². The number of nitrogens with zero attached hydrogens (tertiary/aromatic N) is 4. The number of para-hydroxylation sites is 2. The van der Waals surface area contributed by atoms with Gasteiger partial charge in [0.25, 0.3) is 0 Å². The van der Waals surface area contributed by atoms with Crippen molar-refractivity contribution >= 4 is 28.7 Å². The molecule has 2 aliphatic rings. The van der Waals surface area contributed by atoms with Crippen LogP contribution in [0.15, 0.2) is 133 Å². The van der Waals surface area contributed by atoms with E-state index in [-0.39, 0.29) is 11.5 Å². The number of aromatic nitrogens is 1. The molecule has 0 fully saturated rings. The lowest BCUT2D eigenvalue weighted by Gasteiger charge is -2.41. The molecule has 0 spiro atoms. The summed E-state index contributed by atoms with van der Waals surface area (Å²) < 4.78 is 6.99. The molecular weight excluding hydrogens is 685 g/mol. The van der Waals surface area contributed by atoms with Crippen molar-refractivity contribution in [1.82, 2.24) is 4.98 Å². The first-order valence-electron chi connectivity index (χ1n) is 20.2. The molecule has 0 saturated carbocycles. The van der Waals surface area contributed by atoms with Gasteiger partial charge >= 0.3 is 0 Å². The van der Waals surface area contributed by atoms with E-state index in [4.69, 9.17) is 14.7 Å². The first-order valence-corrected chi connectivity index (χ1v) is 20.2. The average molecular weight is 739 g/mol. The molecule has 2 aliphatic heterocycles. The molecule has 3 heterocycles. The zero-order valence-corrected chi connectivity index (χ0v) is 34.3. The summed E-state index contributed by atoms with van der Waals surface area (Å²) in [7, 11) is 0. The highest BCUT2D eigenvalue weighted by molar-refractivity contribution is 6.13. The molecule has 1 aromatic heterocycles.